The summed E-state index contributed by atoms with van der Waals surface area (Å²) in [5, 5.41) is 9.26. The molecule has 0 aliphatic heterocycles. The van der Waals surface area contributed by atoms with E-state index in [1.165, 1.54) is 37.7 Å². The number of hydrogen-bond donors (Lipinski definition) is 0. The molecule has 1 atom stereocenters. The molecule has 2 rings (SSSR count). The first-order valence-corrected chi connectivity index (χ1v) is 7.89. The molecule has 1 saturated carbocycles. The molecule has 0 spiro atoms. The van der Waals surface area contributed by atoms with Gasteiger partial charge in [0, 0.05) is 0 Å². The molecule has 3 heteroatoms. The van der Waals surface area contributed by atoms with Crippen LogP contribution in [0.15, 0.2) is 24.3 Å². The molecule has 0 saturated heterocycles. The van der Waals surface area contributed by atoms with E-state index in [2.05, 4.69) is 18.2 Å². The van der Waals surface area contributed by atoms with Gasteiger partial charge in [-0.05, 0) is 36.8 Å². The summed E-state index contributed by atoms with van der Waals surface area (Å²) in [6, 6.07) is 10.5. The fraction of sp³-hybridized carbons (Fsp3) is 0.556. The highest BCUT2D eigenvalue weighted by molar-refractivity contribution is 5.71. The summed E-state index contributed by atoms with van der Waals surface area (Å²) in [4.78, 5) is 11.5. The minimum Gasteiger partial charge on any atom is -0.466 e. The highest BCUT2D eigenvalue weighted by Gasteiger charge is 2.18. The molecule has 3 nitrogen and oxygen atoms in total. The number of nitrogens with zero attached hydrogens (tertiary/aromatic N) is 1. The lowest BCUT2D eigenvalue weighted by molar-refractivity contribution is -0.143. The van der Waals surface area contributed by atoms with Gasteiger partial charge >= 0.3 is 5.97 Å². The summed E-state index contributed by atoms with van der Waals surface area (Å²) in [7, 11) is 0. The molecule has 0 aromatic heterocycles. The van der Waals surface area contributed by atoms with E-state index < -0.39 is 5.92 Å². The van der Waals surface area contributed by atoms with Crippen molar-refractivity contribution in [3.8, 4) is 6.07 Å². The van der Waals surface area contributed by atoms with Gasteiger partial charge in [0.15, 0.2) is 0 Å². The Balaban J connectivity index is 2.02. The van der Waals surface area contributed by atoms with Crippen LogP contribution in [0.2, 0.25) is 0 Å². The Kier molecular flexibility index (Phi) is 5.80. The molecule has 0 heterocycles. The van der Waals surface area contributed by atoms with Crippen LogP contribution >= 0.6 is 0 Å². The van der Waals surface area contributed by atoms with Crippen molar-refractivity contribution in [2.24, 2.45) is 0 Å². The van der Waals surface area contributed by atoms with Gasteiger partial charge in [0.25, 0.3) is 0 Å². The Morgan fingerprint density at radius 3 is 2.52 bits per heavy atom. The molecule has 0 bridgehead atoms. The standard InChI is InChI=1S/C18H23NO2/c1-2-21-18(20)12-17(13-19)16-10-8-15(9-11-16)14-6-4-3-5-7-14/h8-11,14,17H,2-7,12H2,1H3/t17-/m1/s1. The summed E-state index contributed by atoms with van der Waals surface area (Å²) in [5.74, 6) is -0.0525. The van der Waals surface area contributed by atoms with Crippen molar-refractivity contribution in [1.29, 1.82) is 5.26 Å². The van der Waals surface area contributed by atoms with Crippen LogP contribution in [-0.4, -0.2) is 12.6 Å². The van der Waals surface area contributed by atoms with Crippen LogP contribution < -0.4 is 0 Å². The zero-order valence-electron chi connectivity index (χ0n) is 12.7. The first kappa shape index (κ1) is 15.6. The van der Waals surface area contributed by atoms with Crippen molar-refractivity contribution < 1.29 is 9.53 Å². The van der Waals surface area contributed by atoms with E-state index in [0.717, 1.165) is 5.56 Å². The van der Waals surface area contributed by atoms with Crippen LogP contribution in [0.1, 0.15) is 68.4 Å². The quantitative estimate of drug-likeness (QED) is 0.758. The largest absolute Gasteiger partial charge is 0.466 e. The molecule has 0 radical (unpaired) electrons. The molecule has 1 aliphatic carbocycles. The minimum atomic E-state index is -0.413. The summed E-state index contributed by atoms with van der Waals surface area (Å²) in [6.45, 7) is 2.13. The average Bonchev–Trinajstić information content (AvgIpc) is 2.54. The van der Waals surface area contributed by atoms with Crippen LogP contribution in [-0.2, 0) is 9.53 Å². The van der Waals surface area contributed by atoms with Gasteiger partial charge in [-0.15, -0.1) is 0 Å². The van der Waals surface area contributed by atoms with E-state index in [-0.39, 0.29) is 12.4 Å². The van der Waals surface area contributed by atoms with E-state index in [1.807, 2.05) is 12.1 Å². The predicted molar refractivity (Wildman–Crippen MR) is 81.9 cm³/mol. The van der Waals surface area contributed by atoms with Crippen molar-refractivity contribution >= 4 is 5.97 Å². The highest BCUT2D eigenvalue weighted by Crippen LogP contribution is 2.33. The molecule has 112 valence electrons. The van der Waals surface area contributed by atoms with Gasteiger partial charge in [0.2, 0.25) is 0 Å². The smallest absolute Gasteiger partial charge is 0.307 e. The third-order valence-corrected chi connectivity index (χ3v) is 4.25. The van der Waals surface area contributed by atoms with Crippen molar-refractivity contribution in [3.05, 3.63) is 35.4 Å². The van der Waals surface area contributed by atoms with Crippen LogP contribution in [0.25, 0.3) is 0 Å². The van der Waals surface area contributed by atoms with Gasteiger partial charge in [-0.3, -0.25) is 4.79 Å². The lowest BCUT2D eigenvalue weighted by Gasteiger charge is -2.22. The van der Waals surface area contributed by atoms with Gasteiger partial charge < -0.3 is 4.74 Å². The molecule has 0 amide bonds. The number of rotatable bonds is 5. The van der Waals surface area contributed by atoms with Crippen molar-refractivity contribution in [2.75, 3.05) is 6.61 Å². The van der Waals surface area contributed by atoms with E-state index in [1.54, 1.807) is 6.92 Å². The lowest BCUT2D eigenvalue weighted by Crippen LogP contribution is -2.10. The van der Waals surface area contributed by atoms with E-state index in [4.69, 9.17) is 4.74 Å². The van der Waals surface area contributed by atoms with E-state index in [9.17, 15) is 10.1 Å². The van der Waals surface area contributed by atoms with Crippen LogP contribution in [0.5, 0.6) is 0 Å². The van der Waals surface area contributed by atoms with Gasteiger partial charge in [-0.25, -0.2) is 0 Å². The Bertz CT molecular complexity index is 495. The molecule has 1 aromatic carbocycles. The normalized spacial score (nSPS) is 17.0. The molecule has 21 heavy (non-hydrogen) atoms. The zero-order chi connectivity index (χ0) is 15.1. The van der Waals surface area contributed by atoms with Crippen molar-refractivity contribution in [2.45, 2.75) is 57.3 Å². The number of ether oxygens (including phenoxy) is 1. The number of esters is 1. The number of benzene rings is 1. The molecular weight excluding hydrogens is 262 g/mol. The molecule has 0 N–H and O–H groups in total. The van der Waals surface area contributed by atoms with Crippen LogP contribution in [0, 0.1) is 11.3 Å². The third kappa shape index (κ3) is 4.32. The van der Waals surface area contributed by atoms with Gasteiger partial charge in [-0.1, -0.05) is 43.5 Å². The summed E-state index contributed by atoms with van der Waals surface area (Å²) >= 11 is 0. The first-order valence-electron chi connectivity index (χ1n) is 7.89. The predicted octanol–water partition coefficient (Wildman–Crippen LogP) is 4.29. The number of nitriles is 1. The summed E-state index contributed by atoms with van der Waals surface area (Å²) in [5.41, 5.74) is 2.27. The average molecular weight is 285 g/mol. The molecule has 1 fully saturated rings. The first-order chi connectivity index (χ1) is 10.2. The minimum absolute atomic E-state index is 0.132. The molecule has 1 aliphatic rings. The maximum Gasteiger partial charge on any atom is 0.307 e. The molecule has 1 aromatic rings. The van der Waals surface area contributed by atoms with Crippen LogP contribution in [0.3, 0.4) is 0 Å². The van der Waals surface area contributed by atoms with Gasteiger partial charge in [-0.2, -0.15) is 5.26 Å². The van der Waals surface area contributed by atoms with Crippen molar-refractivity contribution in [1.82, 2.24) is 0 Å². The summed E-state index contributed by atoms with van der Waals surface area (Å²) in [6.07, 6.45) is 6.65. The maximum atomic E-state index is 11.5. The lowest BCUT2D eigenvalue weighted by atomic mass is 9.83. The SMILES string of the molecule is CCOC(=O)C[C@H](C#N)c1ccc(C2CCCCC2)cc1. The van der Waals surface area contributed by atoms with Gasteiger partial charge in [0.1, 0.15) is 0 Å². The van der Waals surface area contributed by atoms with E-state index >= 15 is 0 Å². The maximum absolute atomic E-state index is 11.5. The Morgan fingerprint density at radius 1 is 1.29 bits per heavy atom. The third-order valence-electron chi connectivity index (χ3n) is 4.25. The highest BCUT2D eigenvalue weighted by atomic mass is 16.5. The van der Waals surface area contributed by atoms with E-state index in [0.29, 0.717) is 12.5 Å². The second kappa shape index (κ2) is 7.83. The Labute approximate surface area is 126 Å². The molecular formula is C18H23NO2. The van der Waals surface area contributed by atoms with Gasteiger partial charge in [0.05, 0.1) is 25.0 Å². The summed E-state index contributed by atoms with van der Waals surface area (Å²) < 4.78 is 4.92. The fourth-order valence-electron chi connectivity index (χ4n) is 3.06. The Morgan fingerprint density at radius 2 is 1.95 bits per heavy atom. The number of carbonyl (C=O) groups is 1. The Hall–Kier alpha value is -1.82. The zero-order valence-corrected chi connectivity index (χ0v) is 12.7. The second-order valence-corrected chi connectivity index (χ2v) is 5.69. The molecule has 0 unspecified atom stereocenters. The number of hydrogen-bond acceptors (Lipinski definition) is 3. The van der Waals surface area contributed by atoms with Crippen LogP contribution in [0.4, 0.5) is 0 Å². The number of carbonyl (C=O) groups excluding carboxylic acids is 1. The second-order valence-electron chi connectivity index (χ2n) is 5.69. The van der Waals surface area contributed by atoms with Crippen molar-refractivity contribution in [3.63, 3.8) is 0 Å². The topological polar surface area (TPSA) is 50.1 Å². The monoisotopic (exact) mass is 285 g/mol. The fourth-order valence-corrected chi connectivity index (χ4v) is 3.06.